The van der Waals surface area contributed by atoms with Crippen molar-refractivity contribution in [1.29, 1.82) is 0 Å². The zero-order valence-corrected chi connectivity index (χ0v) is 11.7. The highest BCUT2D eigenvalue weighted by molar-refractivity contribution is 5.85. The molecule has 1 aliphatic rings. The highest BCUT2D eigenvalue weighted by atomic mass is 16.3. The van der Waals surface area contributed by atoms with E-state index in [4.69, 9.17) is 0 Å². The SMILES string of the molecule is CC1(C)CCC(O)(c2cccc3cnccc23)CC1. The van der Waals surface area contributed by atoms with Crippen LogP contribution in [0.2, 0.25) is 0 Å². The van der Waals surface area contributed by atoms with E-state index in [2.05, 4.69) is 31.0 Å². The number of hydrogen-bond acceptors (Lipinski definition) is 2. The molecule has 0 spiro atoms. The van der Waals surface area contributed by atoms with Crippen LogP contribution in [0.25, 0.3) is 10.8 Å². The Bertz CT molecular complexity index is 588. The van der Waals surface area contributed by atoms with Crippen LogP contribution in [-0.4, -0.2) is 10.1 Å². The maximum absolute atomic E-state index is 11.1. The molecule has 1 aromatic heterocycles. The van der Waals surface area contributed by atoms with Gasteiger partial charge in [0.15, 0.2) is 0 Å². The number of benzene rings is 1. The first-order valence-electron chi connectivity index (χ1n) is 7.06. The lowest BCUT2D eigenvalue weighted by Crippen LogP contribution is -2.34. The van der Waals surface area contributed by atoms with Crippen LogP contribution in [0.4, 0.5) is 0 Å². The van der Waals surface area contributed by atoms with E-state index < -0.39 is 5.60 Å². The molecule has 0 saturated heterocycles. The quantitative estimate of drug-likeness (QED) is 0.834. The molecule has 0 radical (unpaired) electrons. The second kappa shape index (κ2) is 4.31. The molecule has 1 aliphatic carbocycles. The maximum atomic E-state index is 11.1. The van der Waals surface area contributed by atoms with Gasteiger partial charge in [-0.15, -0.1) is 0 Å². The van der Waals surface area contributed by atoms with Crippen molar-refractivity contribution in [2.45, 2.75) is 45.1 Å². The molecular formula is C17H21NO. The van der Waals surface area contributed by atoms with Gasteiger partial charge in [-0.25, -0.2) is 0 Å². The van der Waals surface area contributed by atoms with Crippen LogP contribution in [0.15, 0.2) is 36.7 Å². The summed E-state index contributed by atoms with van der Waals surface area (Å²) in [5, 5.41) is 13.3. The van der Waals surface area contributed by atoms with E-state index in [1.807, 2.05) is 24.5 Å². The van der Waals surface area contributed by atoms with Crippen molar-refractivity contribution < 1.29 is 5.11 Å². The van der Waals surface area contributed by atoms with Crippen LogP contribution in [0.3, 0.4) is 0 Å². The Labute approximate surface area is 114 Å². The Morgan fingerprint density at radius 1 is 1.05 bits per heavy atom. The van der Waals surface area contributed by atoms with Crippen LogP contribution in [0.5, 0.6) is 0 Å². The second-order valence-electron chi connectivity index (χ2n) is 6.60. The highest BCUT2D eigenvalue weighted by Gasteiger charge is 2.38. The summed E-state index contributed by atoms with van der Waals surface area (Å²) in [7, 11) is 0. The van der Waals surface area contributed by atoms with E-state index in [-0.39, 0.29) is 0 Å². The van der Waals surface area contributed by atoms with Gasteiger partial charge in [0, 0.05) is 17.8 Å². The lowest BCUT2D eigenvalue weighted by molar-refractivity contribution is -0.0293. The Hall–Kier alpha value is -1.41. The van der Waals surface area contributed by atoms with Gasteiger partial charge in [-0.05, 0) is 48.1 Å². The third-order valence-electron chi connectivity index (χ3n) is 4.61. The first-order valence-corrected chi connectivity index (χ1v) is 7.06. The normalized spacial score (nSPS) is 21.4. The van der Waals surface area contributed by atoms with E-state index in [0.717, 1.165) is 42.0 Å². The van der Waals surface area contributed by atoms with Gasteiger partial charge in [0.2, 0.25) is 0 Å². The molecule has 1 heterocycles. The van der Waals surface area contributed by atoms with Gasteiger partial charge in [0.25, 0.3) is 0 Å². The summed E-state index contributed by atoms with van der Waals surface area (Å²) in [5.74, 6) is 0. The third-order valence-corrected chi connectivity index (χ3v) is 4.61. The van der Waals surface area contributed by atoms with E-state index in [0.29, 0.717) is 5.41 Å². The van der Waals surface area contributed by atoms with Gasteiger partial charge in [-0.2, -0.15) is 0 Å². The van der Waals surface area contributed by atoms with Crippen molar-refractivity contribution in [3.8, 4) is 0 Å². The fourth-order valence-electron chi connectivity index (χ4n) is 3.14. The van der Waals surface area contributed by atoms with Crippen LogP contribution < -0.4 is 0 Å². The summed E-state index contributed by atoms with van der Waals surface area (Å²) in [6, 6.07) is 8.17. The summed E-state index contributed by atoms with van der Waals surface area (Å²) < 4.78 is 0. The van der Waals surface area contributed by atoms with Gasteiger partial charge in [-0.1, -0.05) is 32.0 Å². The fourth-order valence-corrected chi connectivity index (χ4v) is 3.14. The number of nitrogens with zero attached hydrogens (tertiary/aromatic N) is 1. The summed E-state index contributed by atoms with van der Waals surface area (Å²) in [5.41, 5.74) is 0.761. The summed E-state index contributed by atoms with van der Waals surface area (Å²) in [4.78, 5) is 4.16. The first kappa shape index (κ1) is 12.6. The summed E-state index contributed by atoms with van der Waals surface area (Å²) >= 11 is 0. The zero-order chi connectivity index (χ0) is 13.5. The lowest BCUT2D eigenvalue weighted by Gasteiger charge is -2.41. The summed E-state index contributed by atoms with van der Waals surface area (Å²) in [6.07, 6.45) is 7.52. The second-order valence-corrected chi connectivity index (χ2v) is 6.60. The first-order chi connectivity index (χ1) is 9.00. The van der Waals surface area contributed by atoms with E-state index >= 15 is 0 Å². The molecule has 1 N–H and O–H groups in total. The molecule has 3 rings (SSSR count). The van der Waals surface area contributed by atoms with Crippen molar-refractivity contribution in [3.05, 3.63) is 42.2 Å². The third kappa shape index (κ3) is 2.25. The van der Waals surface area contributed by atoms with Crippen molar-refractivity contribution >= 4 is 10.8 Å². The minimum absolute atomic E-state index is 0.359. The van der Waals surface area contributed by atoms with E-state index in [1.54, 1.807) is 0 Å². The molecule has 100 valence electrons. The molecule has 0 aliphatic heterocycles. The molecule has 0 amide bonds. The number of rotatable bonds is 1. The van der Waals surface area contributed by atoms with Crippen molar-refractivity contribution in [2.75, 3.05) is 0 Å². The van der Waals surface area contributed by atoms with Crippen LogP contribution in [-0.2, 0) is 5.60 Å². The lowest BCUT2D eigenvalue weighted by atomic mass is 9.68. The largest absolute Gasteiger partial charge is 0.385 e. The van der Waals surface area contributed by atoms with Crippen molar-refractivity contribution in [2.24, 2.45) is 5.41 Å². The zero-order valence-electron chi connectivity index (χ0n) is 11.7. The van der Waals surface area contributed by atoms with Gasteiger partial charge >= 0.3 is 0 Å². The number of hydrogen-bond donors (Lipinski definition) is 1. The highest BCUT2D eigenvalue weighted by Crippen LogP contribution is 2.46. The molecule has 1 fully saturated rings. The Balaban J connectivity index is 2.05. The molecule has 2 heteroatoms. The molecule has 0 unspecified atom stereocenters. The molecule has 2 aromatic rings. The topological polar surface area (TPSA) is 33.1 Å². The maximum Gasteiger partial charge on any atom is 0.0903 e. The monoisotopic (exact) mass is 255 g/mol. The standard InChI is InChI=1S/C17H21NO/c1-16(2)7-9-17(19,10-8-16)15-5-3-4-13-12-18-11-6-14(13)15/h3-6,11-12,19H,7-10H2,1-2H3. The van der Waals surface area contributed by atoms with Crippen LogP contribution in [0, 0.1) is 5.41 Å². The van der Waals surface area contributed by atoms with Crippen molar-refractivity contribution in [1.82, 2.24) is 4.98 Å². The van der Waals surface area contributed by atoms with E-state index in [9.17, 15) is 5.11 Å². The predicted molar refractivity (Wildman–Crippen MR) is 77.9 cm³/mol. The Kier molecular flexibility index (Phi) is 2.86. The van der Waals surface area contributed by atoms with Crippen molar-refractivity contribution in [3.63, 3.8) is 0 Å². The Morgan fingerprint density at radius 3 is 2.53 bits per heavy atom. The molecule has 0 bridgehead atoms. The average Bonchev–Trinajstić information content (AvgIpc) is 2.42. The van der Waals surface area contributed by atoms with Gasteiger partial charge in [0.05, 0.1) is 5.60 Å². The number of aromatic nitrogens is 1. The summed E-state index contributed by atoms with van der Waals surface area (Å²) in [6.45, 7) is 4.58. The van der Waals surface area contributed by atoms with Gasteiger partial charge < -0.3 is 5.11 Å². The van der Waals surface area contributed by atoms with Crippen LogP contribution >= 0.6 is 0 Å². The molecule has 1 aromatic carbocycles. The smallest absolute Gasteiger partial charge is 0.0903 e. The predicted octanol–water partition coefficient (Wildman–Crippen LogP) is 4.02. The van der Waals surface area contributed by atoms with Crippen LogP contribution in [0.1, 0.15) is 45.1 Å². The molecule has 0 atom stereocenters. The van der Waals surface area contributed by atoms with Gasteiger partial charge in [0.1, 0.15) is 0 Å². The molecule has 2 nitrogen and oxygen atoms in total. The number of aliphatic hydroxyl groups is 1. The minimum atomic E-state index is -0.670. The molecular weight excluding hydrogens is 234 g/mol. The Morgan fingerprint density at radius 2 is 1.79 bits per heavy atom. The van der Waals surface area contributed by atoms with Gasteiger partial charge in [-0.3, -0.25) is 4.98 Å². The number of fused-ring (bicyclic) bond motifs is 1. The molecule has 1 saturated carbocycles. The molecule has 19 heavy (non-hydrogen) atoms. The van der Waals surface area contributed by atoms with E-state index in [1.165, 1.54) is 0 Å². The average molecular weight is 255 g/mol. The number of pyridine rings is 1. The fraction of sp³-hybridized carbons (Fsp3) is 0.471. The minimum Gasteiger partial charge on any atom is -0.385 e.